The fourth-order valence-corrected chi connectivity index (χ4v) is 4.30. The van der Waals surface area contributed by atoms with E-state index in [1.165, 1.54) is 0 Å². The van der Waals surface area contributed by atoms with Crippen LogP contribution < -0.4 is 21.5 Å². The first-order chi connectivity index (χ1) is 12.1. The van der Waals surface area contributed by atoms with Gasteiger partial charge in [0.2, 0.25) is 17.7 Å². The van der Waals surface area contributed by atoms with Crippen LogP contribution in [-0.2, 0) is 11.2 Å². The van der Waals surface area contributed by atoms with Crippen molar-refractivity contribution in [2.24, 2.45) is 5.92 Å². The number of carbonyl (C=O) groups is 1. The molecule has 5 N–H and O–H groups in total. The molecule has 2 saturated heterocycles. The third kappa shape index (κ3) is 3.10. The molecule has 3 aliphatic heterocycles. The molecular formula is C17H26N6O2. The Labute approximate surface area is 147 Å². The smallest absolute Gasteiger partial charge is 0.225 e. The largest absolute Gasteiger partial charge is 0.470 e. The van der Waals surface area contributed by atoms with Crippen LogP contribution in [0.4, 0.5) is 11.8 Å². The summed E-state index contributed by atoms with van der Waals surface area (Å²) in [7, 11) is 0. The molecule has 0 bridgehead atoms. The molecule has 0 aliphatic carbocycles. The molecule has 3 aliphatic rings. The standard InChI is InChI=1S/C17H26N6O2/c18-13-12-10-17(25-14(12)22-16(19)21-13)4-1-8-23(9-5-17)15(24)11-2-6-20-7-3-11/h11,20H,1-10H2,(H4,18,19,21,22)/t17-/m1/s1. The lowest BCUT2D eigenvalue weighted by Crippen LogP contribution is -2.42. The summed E-state index contributed by atoms with van der Waals surface area (Å²) < 4.78 is 6.19. The summed E-state index contributed by atoms with van der Waals surface area (Å²) in [4.78, 5) is 23.1. The first kappa shape index (κ1) is 16.4. The van der Waals surface area contributed by atoms with Crippen molar-refractivity contribution in [2.45, 2.75) is 44.1 Å². The maximum Gasteiger partial charge on any atom is 0.225 e. The topological polar surface area (TPSA) is 119 Å². The van der Waals surface area contributed by atoms with Crippen molar-refractivity contribution in [3.8, 4) is 5.88 Å². The van der Waals surface area contributed by atoms with Crippen molar-refractivity contribution < 1.29 is 9.53 Å². The average Bonchev–Trinajstić information content (AvgIpc) is 2.84. The van der Waals surface area contributed by atoms with Crippen molar-refractivity contribution in [3.05, 3.63) is 5.56 Å². The minimum absolute atomic E-state index is 0.143. The zero-order valence-corrected chi connectivity index (χ0v) is 14.5. The number of rotatable bonds is 1. The van der Waals surface area contributed by atoms with Gasteiger partial charge in [-0.2, -0.15) is 9.97 Å². The van der Waals surface area contributed by atoms with Gasteiger partial charge in [-0.25, -0.2) is 0 Å². The first-order valence-electron chi connectivity index (χ1n) is 9.17. The van der Waals surface area contributed by atoms with Crippen molar-refractivity contribution >= 4 is 17.7 Å². The van der Waals surface area contributed by atoms with Gasteiger partial charge in [0.05, 0.1) is 5.56 Å². The minimum atomic E-state index is -0.331. The predicted octanol–water partition coefficient (Wildman–Crippen LogP) is 0.327. The molecule has 1 aromatic rings. The summed E-state index contributed by atoms with van der Waals surface area (Å²) in [5.41, 5.74) is 12.2. The van der Waals surface area contributed by atoms with Crippen LogP contribution in [0.1, 0.15) is 37.7 Å². The second-order valence-corrected chi connectivity index (χ2v) is 7.42. The van der Waals surface area contributed by atoms with Crippen LogP contribution in [0.2, 0.25) is 0 Å². The van der Waals surface area contributed by atoms with E-state index >= 15 is 0 Å². The summed E-state index contributed by atoms with van der Waals surface area (Å²) in [6, 6.07) is 0. The van der Waals surface area contributed by atoms with E-state index in [1.54, 1.807) is 0 Å². The molecule has 0 saturated carbocycles. The average molecular weight is 346 g/mol. The normalized spacial score (nSPS) is 27.0. The van der Waals surface area contributed by atoms with Crippen molar-refractivity contribution in [1.29, 1.82) is 0 Å². The molecule has 1 atom stereocenters. The van der Waals surface area contributed by atoms with Gasteiger partial charge < -0.3 is 26.4 Å². The molecule has 8 nitrogen and oxygen atoms in total. The van der Waals surface area contributed by atoms with Gasteiger partial charge >= 0.3 is 0 Å². The number of piperidine rings is 1. The van der Waals surface area contributed by atoms with Crippen LogP contribution in [0, 0.1) is 5.92 Å². The van der Waals surface area contributed by atoms with E-state index < -0.39 is 0 Å². The number of aromatic nitrogens is 2. The molecule has 4 heterocycles. The third-order valence-corrected chi connectivity index (χ3v) is 5.73. The lowest BCUT2D eigenvalue weighted by Gasteiger charge is -2.30. The fourth-order valence-electron chi connectivity index (χ4n) is 4.30. The number of ether oxygens (including phenoxy) is 1. The molecule has 8 heteroatoms. The monoisotopic (exact) mass is 346 g/mol. The summed E-state index contributed by atoms with van der Waals surface area (Å²) in [6.07, 6.45) is 5.18. The van der Waals surface area contributed by atoms with Gasteiger partial charge in [-0.05, 0) is 38.8 Å². The predicted molar refractivity (Wildman–Crippen MR) is 93.9 cm³/mol. The second kappa shape index (κ2) is 6.33. The maximum atomic E-state index is 12.8. The van der Waals surface area contributed by atoms with Gasteiger partial charge in [0.25, 0.3) is 0 Å². The Morgan fingerprint density at radius 3 is 2.80 bits per heavy atom. The Hall–Kier alpha value is -2.09. The highest BCUT2D eigenvalue weighted by atomic mass is 16.5. The van der Waals surface area contributed by atoms with Crippen molar-refractivity contribution in [2.75, 3.05) is 37.6 Å². The Morgan fingerprint density at radius 1 is 1.20 bits per heavy atom. The molecular weight excluding hydrogens is 320 g/mol. The molecule has 25 heavy (non-hydrogen) atoms. The van der Waals surface area contributed by atoms with Crippen molar-refractivity contribution in [1.82, 2.24) is 20.2 Å². The van der Waals surface area contributed by atoms with E-state index in [1.807, 2.05) is 4.90 Å². The van der Waals surface area contributed by atoms with Crippen molar-refractivity contribution in [3.63, 3.8) is 0 Å². The third-order valence-electron chi connectivity index (χ3n) is 5.73. The number of carbonyl (C=O) groups excluding carboxylic acids is 1. The number of anilines is 2. The second-order valence-electron chi connectivity index (χ2n) is 7.42. The molecule has 2 fully saturated rings. The van der Waals surface area contributed by atoms with E-state index in [-0.39, 0.29) is 17.5 Å². The summed E-state index contributed by atoms with van der Waals surface area (Å²) in [6.45, 7) is 3.39. The van der Waals surface area contributed by atoms with Crippen LogP contribution in [0.25, 0.3) is 0 Å². The zero-order chi connectivity index (χ0) is 17.4. The maximum absolute atomic E-state index is 12.8. The molecule has 0 radical (unpaired) electrons. The van der Waals surface area contributed by atoms with Crippen LogP contribution in [0.5, 0.6) is 5.88 Å². The quantitative estimate of drug-likeness (QED) is 0.670. The molecule has 1 spiro atoms. The highest BCUT2D eigenvalue weighted by molar-refractivity contribution is 5.79. The highest BCUT2D eigenvalue weighted by Gasteiger charge is 2.43. The Kier molecular flexibility index (Phi) is 4.15. The molecule has 0 aromatic carbocycles. The first-order valence-corrected chi connectivity index (χ1v) is 9.17. The lowest BCUT2D eigenvalue weighted by atomic mass is 9.90. The number of hydrogen-bond acceptors (Lipinski definition) is 7. The summed E-state index contributed by atoms with van der Waals surface area (Å²) in [5, 5.41) is 3.32. The van der Waals surface area contributed by atoms with Gasteiger partial charge in [-0.1, -0.05) is 0 Å². The molecule has 136 valence electrons. The zero-order valence-electron chi connectivity index (χ0n) is 14.5. The van der Waals surface area contributed by atoms with Gasteiger partial charge in [-0.15, -0.1) is 0 Å². The number of hydrogen-bond donors (Lipinski definition) is 3. The Bertz CT molecular complexity index is 675. The van der Waals surface area contributed by atoms with Crippen LogP contribution in [0.15, 0.2) is 0 Å². The lowest BCUT2D eigenvalue weighted by molar-refractivity contribution is -0.136. The van der Waals surface area contributed by atoms with Crippen LogP contribution in [-0.4, -0.2) is 52.6 Å². The van der Waals surface area contributed by atoms with Crippen LogP contribution in [0.3, 0.4) is 0 Å². The number of likely N-dealkylation sites (tertiary alicyclic amines) is 1. The molecule has 1 amide bonds. The van der Waals surface area contributed by atoms with E-state index in [2.05, 4.69) is 15.3 Å². The molecule has 1 aromatic heterocycles. The number of amides is 1. The van der Waals surface area contributed by atoms with E-state index in [9.17, 15) is 4.79 Å². The fraction of sp³-hybridized carbons (Fsp3) is 0.706. The van der Waals surface area contributed by atoms with Gasteiger partial charge in [-0.3, -0.25) is 4.79 Å². The van der Waals surface area contributed by atoms with Gasteiger partial charge in [0, 0.05) is 31.8 Å². The Morgan fingerprint density at radius 2 is 2.00 bits per heavy atom. The van der Waals surface area contributed by atoms with E-state index in [0.29, 0.717) is 24.0 Å². The number of nitrogen functional groups attached to an aromatic ring is 2. The van der Waals surface area contributed by atoms with Gasteiger partial charge in [0.15, 0.2) is 0 Å². The van der Waals surface area contributed by atoms with Crippen LogP contribution >= 0.6 is 0 Å². The summed E-state index contributed by atoms with van der Waals surface area (Å²) in [5.74, 6) is 1.54. The van der Waals surface area contributed by atoms with E-state index in [4.69, 9.17) is 16.2 Å². The minimum Gasteiger partial charge on any atom is -0.470 e. The van der Waals surface area contributed by atoms with E-state index in [0.717, 1.165) is 63.8 Å². The number of fused-ring (bicyclic) bond motifs is 1. The Balaban J connectivity index is 1.45. The SMILES string of the molecule is Nc1nc(N)c2c(n1)O[C@@]1(CCCN(C(=O)C3CCNCC3)CC1)C2. The molecule has 0 unspecified atom stereocenters. The number of nitrogens with zero attached hydrogens (tertiary/aromatic N) is 3. The highest BCUT2D eigenvalue weighted by Crippen LogP contribution is 2.42. The molecule has 4 rings (SSSR count). The number of nitrogens with two attached hydrogens (primary N) is 2. The van der Waals surface area contributed by atoms with Gasteiger partial charge in [0.1, 0.15) is 11.4 Å². The number of nitrogens with one attached hydrogen (secondary N) is 1. The summed E-state index contributed by atoms with van der Waals surface area (Å²) >= 11 is 0.